The fraction of sp³-hybridized carbons (Fsp3) is 0.214. The number of thiocarbonyl (C=S) groups is 1. The van der Waals surface area contributed by atoms with E-state index >= 15 is 0 Å². The molecule has 1 aromatic carbocycles. The second kappa shape index (κ2) is 5.63. The summed E-state index contributed by atoms with van der Waals surface area (Å²) in [7, 11) is 0. The first kappa shape index (κ1) is 13.9. The number of halogens is 1. The molecule has 5 heteroatoms. The maximum atomic E-state index is 6.13. The van der Waals surface area contributed by atoms with Crippen LogP contribution in [0.4, 0.5) is 5.69 Å². The number of hydrogen-bond acceptors (Lipinski definition) is 3. The van der Waals surface area contributed by atoms with E-state index in [0.717, 1.165) is 17.2 Å². The first-order valence-electron chi connectivity index (χ1n) is 5.89. The van der Waals surface area contributed by atoms with Crippen molar-refractivity contribution in [1.82, 2.24) is 0 Å². The molecule has 0 aliphatic carbocycles. The van der Waals surface area contributed by atoms with Crippen molar-refractivity contribution >= 4 is 34.5 Å². The molecule has 100 valence electrons. The smallest absolute Gasteiger partial charge is 0.126 e. The van der Waals surface area contributed by atoms with Crippen molar-refractivity contribution in [2.45, 2.75) is 19.9 Å². The van der Waals surface area contributed by atoms with Crippen molar-refractivity contribution < 1.29 is 4.42 Å². The number of aryl methyl sites for hydroxylation is 1. The predicted molar refractivity (Wildman–Crippen MR) is 82.8 cm³/mol. The first-order valence-corrected chi connectivity index (χ1v) is 6.68. The highest BCUT2D eigenvalue weighted by atomic mass is 35.5. The minimum Gasteiger partial charge on any atom is -0.464 e. The van der Waals surface area contributed by atoms with Gasteiger partial charge in [0.2, 0.25) is 0 Å². The third-order valence-electron chi connectivity index (χ3n) is 2.81. The van der Waals surface area contributed by atoms with Crippen LogP contribution in [0.25, 0.3) is 0 Å². The Morgan fingerprint density at radius 3 is 2.63 bits per heavy atom. The zero-order valence-corrected chi connectivity index (χ0v) is 12.3. The molecule has 1 atom stereocenters. The number of furan rings is 1. The molecule has 0 fully saturated rings. The summed E-state index contributed by atoms with van der Waals surface area (Å²) >= 11 is 11.0. The maximum absolute atomic E-state index is 6.13. The summed E-state index contributed by atoms with van der Waals surface area (Å²) in [6, 6.07) is 9.47. The molecule has 1 heterocycles. The van der Waals surface area contributed by atoms with E-state index in [1.54, 1.807) is 0 Å². The van der Waals surface area contributed by atoms with Gasteiger partial charge in [-0.25, -0.2) is 0 Å². The lowest BCUT2D eigenvalue weighted by molar-refractivity contribution is 0.467. The summed E-state index contributed by atoms with van der Waals surface area (Å²) in [5.41, 5.74) is 7.15. The fourth-order valence-corrected chi connectivity index (χ4v) is 2.33. The van der Waals surface area contributed by atoms with Gasteiger partial charge in [-0.05, 0) is 44.2 Å². The van der Waals surface area contributed by atoms with Gasteiger partial charge in [0.25, 0.3) is 0 Å². The molecule has 0 amide bonds. The summed E-state index contributed by atoms with van der Waals surface area (Å²) in [5.74, 6) is 1.78. The molecule has 0 bridgehead atoms. The van der Waals surface area contributed by atoms with Crippen molar-refractivity contribution in [2.24, 2.45) is 5.73 Å². The van der Waals surface area contributed by atoms with Crippen LogP contribution < -0.4 is 11.1 Å². The standard InChI is InChI=1S/C14H15ClN2OS/c1-8-3-6-13(18-8)9(2)17-10-4-5-11(14(16)19)12(15)7-10/h3-7,9,17H,1-2H3,(H2,16,19). The Morgan fingerprint density at radius 2 is 2.11 bits per heavy atom. The van der Waals surface area contributed by atoms with Crippen LogP contribution in [0.3, 0.4) is 0 Å². The van der Waals surface area contributed by atoms with E-state index in [-0.39, 0.29) is 6.04 Å². The Kier molecular flexibility index (Phi) is 4.12. The molecule has 2 aromatic rings. The van der Waals surface area contributed by atoms with Gasteiger partial charge in [-0.3, -0.25) is 0 Å². The van der Waals surface area contributed by atoms with Crippen LogP contribution in [0.2, 0.25) is 5.02 Å². The summed E-state index contributed by atoms with van der Waals surface area (Å²) in [5, 5.41) is 3.86. The highest BCUT2D eigenvalue weighted by molar-refractivity contribution is 7.80. The van der Waals surface area contributed by atoms with E-state index in [1.165, 1.54) is 0 Å². The number of rotatable bonds is 4. The molecule has 3 nitrogen and oxygen atoms in total. The molecular weight excluding hydrogens is 280 g/mol. The van der Waals surface area contributed by atoms with E-state index in [9.17, 15) is 0 Å². The molecule has 1 unspecified atom stereocenters. The van der Waals surface area contributed by atoms with Crippen molar-refractivity contribution in [3.05, 3.63) is 52.4 Å². The van der Waals surface area contributed by atoms with Gasteiger partial charge in [-0.15, -0.1) is 0 Å². The molecule has 3 N–H and O–H groups in total. The molecule has 19 heavy (non-hydrogen) atoms. The fourth-order valence-electron chi connectivity index (χ4n) is 1.81. The number of anilines is 1. The third-order valence-corrected chi connectivity index (χ3v) is 3.34. The molecule has 0 radical (unpaired) electrons. The predicted octanol–water partition coefficient (Wildman–Crippen LogP) is 4.05. The third kappa shape index (κ3) is 3.28. The Bertz CT molecular complexity index is 609. The van der Waals surface area contributed by atoms with Crippen LogP contribution in [0.1, 0.15) is 30.0 Å². The van der Waals surface area contributed by atoms with E-state index in [4.69, 9.17) is 34.0 Å². The van der Waals surface area contributed by atoms with Crippen LogP contribution in [0.5, 0.6) is 0 Å². The van der Waals surface area contributed by atoms with Gasteiger partial charge in [0.15, 0.2) is 0 Å². The highest BCUT2D eigenvalue weighted by Gasteiger charge is 2.10. The summed E-state index contributed by atoms with van der Waals surface area (Å²) < 4.78 is 5.57. The molecule has 0 aliphatic heterocycles. The highest BCUT2D eigenvalue weighted by Crippen LogP contribution is 2.25. The lowest BCUT2D eigenvalue weighted by Gasteiger charge is -2.14. The lowest BCUT2D eigenvalue weighted by Crippen LogP contribution is -2.11. The molecule has 0 saturated heterocycles. The monoisotopic (exact) mass is 294 g/mol. The van der Waals surface area contributed by atoms with Gasteiger partial charge in [-0.1, -0.05) is 23.8 Å². The van der Waals surface area contributed by atoms with Crippen LogP contribution >= 0.6 is 23.8 Å². The topological polar surface area (TPSA) is 51.2 Å². The Hall–Kier alpha value is -1.52. The summed E-state index contributed by atoms with van der Waals surface area (Å²) in [6.45, 7) is 3.94. The Morgan fingerprint density at radius 1 is 1.37 bits per heavy atom. The average Bonchev–Trinajstić information content (AvgIpc) is 2.75. The normalized spacial score (nSPS) is 12.2. The van der Waals surface area contributed by atoms with Crippen LogP contribution in [0.15, 0.2) is 34.7 Å². The van der Waals surface area contributed by atoms with Gasteiger partial charge in [0.05, 0.1) is 11.1 Å². The van der Waals surface area contributed by atoms with Crippen molar-refractivity contribution in [3.8, 4) is 0 Å². The second-order valence-corrected chi connectivity index (χ2v) is 5.22. The van der Waals surface area contributed by atoms with Crippen LogP contribution in [-0.2, 0) is 0 Å². The maximum Gasteiger partial charge on any atom is 0.126 e. The zero-order valence-electron chi connectivity index (χ0n) is 10.7. The van der Waals surface area contributed by atoms with Crippen molar-refractivity contribution in [3.63, 3.8) is 0 Å². The Labute approximate surface area is 122 Å². The van der Waals surface area contributed by atoms with Crippen LogP contribution in [0, 0.1) is 6.92 Å². The van der Waals surface area contributed by atoms with E-state index in [1.807, 2.05) is 44.2 Å². The summed E-state index contributed by atoms with van der Waals surface area (Å²) in [4.78, 5) is 0.297. The number of nitrogens with two attached hydrogens (primary N) is 1. The molecule has 1 aromatic heterocycles. The average molecular weight is 295 g/mol. The molecule has 0 aliphatic rings. The second-order valence-electron chi connectivity index (χ2n) is 4.37. The summed E-state index contributed by atoms with van der Waals surface area (Å²) in [6.07, 6.45) is 0. The van der Waals surface area contributed by atoms with Gasteiger partial charge < -0.3 is 15.5 Å². The molecule has 2 rings (SSSR count). The van der Waals surface area contributed by atoms with Gasteiger partial charge >= 0.3 is 0 Å². The minimum atomic E-state index is 0.0560. The number of benzene rings is 1. The van der Waals surface area contributed by atoms with Crippen molar-refractivity contribution in [2.75, 3.05) is 5.32 Å². The van der Waals surface area contributed by atoms with Gasteiger partial charge in [0.1, 0.15) is 16.5 Å². The minimum absolute atomic E-state index is 0.0560. The van der Waals surface area contributed by atoms with E-state index in [2.05, 4.69) is 5.32 Å². The Balaban J connectivity index is 2.15. The number of hydrogen-bond donors (Lipinski definition) is 2. The van der Waals surface area contributed by atoms with Crippen LogP contribution in [-0.4, -0.2) is 4.99 Å². The van der Waals surface area contributed by atoms with E-state index in [0.29, 0.717) is 15.6 Å². The molecule has 0 saturated carbocycles. The van der Waals surface area contributed by atoms with Crippen molar-refractivity contribution in [1.29, 1.82) is 0 Å². The number of nitrogens with one attached hydrogen (secondary N) is 1. The molecular formula is C14H15ClN2OS. The lowest BCUT2D eigenvalue weighted by atomic mass is 10.2. The SMILES string of the molecule is Cc1ccc(C(C)Nc2ccc(C(N)=S)c(Cl)c2)o1. The van der Waals surface area contributed by atoms with E-state index < -0.39 is 0 Å². The van der Waals surface area contributed by atoms with Gasteiger partial charge in [-0.2, -0.15) is 0 Å². The first-order chi connectivity index (χ1) is 8.97. The largest absolute Gasteiger partial charge is 0.464 e. The molecule has 0 spiro atoms. The van der Waals surface area contributed by atoms with Gasteiger partial charge in [0, 0.05) is 11.3 Å². The zero-order chi connectivity index (χ0) is 14.0. The quantitative estimate of drug-likeness (QED) is 0.835.